The second kappa shape index (κ2) is 6.08. The SMILES string of the molecule is CCOc1ccccc1C1=CCC(S(N)(=O)=O)(S(=O)(=O)O)C=C1. The van der Waals surface area contributed by atoms with Gasteiger partial charge in [-0.1, -0.05) is 30.4 Å². The van der Waals surface area contributed by atoms with E-state index in [1.165, 1.54) is 12.2 Å². The Labute approximate surface area is 135 Å². The van der Waals surface area contributed by atoms with Gasteiger partial charge in [0.1, 0.15) is 5.75 Å². The molecule has 1 aromatic rings. The number of sulfonamides is 1. The van der Waals surface area contributed by atoms with Crippen molar-refractivity contribution in [2.75, 3.05) is 6.61 Å². The maximum Gasteiger partial charge on any atom is 0.290 e. The minimum Gasteiger partial charge on any atom is -0.493 e. The number of para-hydroxylation sites is 1. The average Bonchev–Trinajstić information content (AvgIpc) is 2.46. The lowest BCUT2D eigenvalue weighted by Gasteiger charge is -2.27. The van der Waals surface area contributed by atoms with E-state index in [4.69, 9.17) is 9.88 Å². The molecule has 0 radical (unpaired) electrons. The Morgan fingerprint density at radius 3 is 2.39 bits per heavy atom. The van der Waals surface area contributed by atoms with E-state index in [1.54, 1.807) is 24.3 Å². The van der Waals surface area contributed by atoms with E-state index in [1.807, 2.05) is 6.92 Å². The van der Waals surface area contributed by atoms with Gasteiger partial charge in [-0.3, -0.25) is 4.55 Å². The summed E-state index contributed by atoms with van der Waals surface area (Å²) in [6.07, 6.45) is 3.11. The Morgan fingerprint density at radius 1 is 1.26 bits per heavy atom. The fraction of sp³-hybridized carbons (Fsp3) is 0.286. The van der Waals surface area contributed by atoms with Crippen LogP contribution in [0, 0.1) is 0 Å². The van der Waals surface area contributed by atoms with Crippen LogP contribution in [0.4, 0.5) is 0 Å². The molecule has 1 aliphatic rings. The van der Waals surface area contributed by atoms with Gasteiger partial charge >= 0.3 is 0 Å². The zero-order valence-electron chi connectivity index (χ0n) is 12.3. The van der Waals surface area contributed by atoms with Crippen molar-refractivity contribution in [3.05, 3.63) is 48.1 Å². The first-order valence-corrected chi connectivity index (χ1v) is 9.72. The second-order valence-corrected chi connectivity index (χ2v) is 8.71. The van der Waals surface area contributed by atoms with Crippen molar-refractivity contribution in [2.45, 2.75) is 17.4 Å². The molecule has 9 heteroatoms. The fourth-order valence-corrected chi connectivity index (χ4v) is 4.62. The Balaban J connectivity index is 2.49. The van der Waals surface area contributed by atoms with Crippen LogP contribution in [0.2, 0.25) is 0 Å². The van der Waals surface area contributed by atoms with Gasteiger partial charge in [0.25, 0.3) is 10.1 Å². The zero-order chi connectivity index (χ0) is 17.3. The molecule has 1 aromatic carbocycles. The summed E-state index contributed by atoms with van der Waals surface area (Å²) in [5, 5.41) is 5.02. The molecule has 0 saturated carbocycles. The Morgan fingerprint density at radius 2 is 1.91 bits per heavy atom. The van der Waals surface area contributed by atoms with E-state index in [-0.39, 0.29) is 0 Å². The Kier molecular flexibility index (Phi) is 4.67. The standard InChI is InChI=1S/C14H17NO6S2/c1-2-21-13-6-4-3-5-12(13)11-7-9-14(10-8-11,22(15,16)17)23(18,19)20/h3-9H,2,10H2,1H3,(H2,15,16,17)(H,18,19,20). The number of ether oxygens (including phenoxy) is 1. The lowest BCUT2D eigenvalue weighted by Crippen LogP contribution is -2.48. The summed E-state index contributed by atoms with van der Waals surface area (Å²) in [7, 11) is -9.52. The predicted molar refractivity (Wildman–Crippen MR) is 86.7 cm³/mol. The van der Waals surface area contributed by atoms with Crippen LogP contribution in [0.3, 0.4) is 0 Å². The van der Waals surface area contributed by atoms with Crippen molar-refractivity contribution in [1.29, 1.82) is 0 Å². The third-order valence-corrected chi connectivity index (χ3v) is 7.31. The van der Waals surface area contributed by atoms with E-state index in [0.717, 1.165) is 6.08 Å². The summed E-state index contributed by atoms with van der Waals surface area (Å²) in [5.74, 6) is 0.584. The minimum atomic E-state index is -4.95. The molecule has 0 saturated heterocycles. The summed E-state index contributed by atoms with van der Waals surface area (Å²) in [6.45, 7) is 2.27. The maximum atomic E-state index is 11.7. The highest BCUT2D eigenvalue weighted by Crippen LogP contribution is 2.37. The first-order chi connectivity index (χ1) is 10.6. The van der Waals surface area contributed by atoms with Crippen molar-refractivity contribution in [1.82, 2.24) is 0 Å². The third-order valence-electron chi connectivity index (χ3n) is 3.54. The lowest BCUT2D eigenvalue weighted by atomic mass is 9.98. The monoisotopic (exact) mass is 359 g/mol. The molecule has 126 valence electrons. The molecule has 3 N–H and O–H groups in total. The molecular weight excluding hydrogens is 342 g/mol. The van der Waals surface area contributed by atoms with Crippen molar-refractivity contribution >= 4 is 25.7 Å². The van der Waals surface area contributed by atoms with Crippen LogP contribution in [-0.2, 0) is 20.1 Å². The van der Waals surface area contributed by atoms with Gasteiger partial charge in [0, 0.05) is 12.0 Å². The van der Waals surface area contributed by atoms with Gasteiger partial charge in [0.2, 0.25) is 14.1 Å². The zero-order valence-corrected chi connectivity index (χ0v) is 14.0. The molecular formula is C14H17NO6S2. The summed E-state index contributed by atoms with van der Waals surface area (Å²) in [6, 6.07) is 7.07. The first kappa shape index (κ1) is 17.7. The van der Waals surface area contributed by atoms with Crippen LogP contribution in [0.5, 0.6) is 5.75 Å². The number of hydrogen-bond acceptors (Lipinski definition) is 5. The summed E-state index contributed by atoms with van der Waals surface area (Å²) >= 11 is 0. The topological polar surface area (TPSA) is 124 Å². The molecule has 23 heavy (non-hydrogen) atoms. The molecule has 0 fully saturated rings. The van der Waals surface area contributed by atoms with E-state index in [2.05, 4.69) is 0 Å². The number of hydrogen-bond donors (Lipinski definition) is 2. The molecule has 0 amide bonds. The Bertz CT molecular complexity index is 836. The normalized spacial score (nSPS) is 21.8. The van der Waals surface area contributed by atoms with Crippen LogP contribution in [0.15, 0.2) is 42.5 Å². The van der Waals surface area contributed by atoms with Crippen molar-refractivity contribution in [3.63, 3.8) is 0 Å². The third kappa shape index (κ3) is 3.18. The van der Waals surface area contributed by atoms with Gasteiger partial charge in [-0.15, -0.1) is 0 Å². The van der Waals surface area contributed by atoms with Crippen LogP contribution in [0.25, 0.3) is 5.57 Å². The molecule has 0 bridgehead atoms. The van der Waals surface area contributed by atoms with E-state index >= 15 is 0 Å². The van der Waals surface area contributed by atoms with E-state index in [9.17, 15) is 21.4 Å². The second-order valence-electron chi connectivity index (χ2n) is 4.96. The number of allylic oxidation sites excluding steroid dienone is 3. The van der Waals surface area contributed by atoms with Crippen molar-refractivity contribution in [2.24, 2.45) is 5.14 Å². The average molecular weight is 359 g/mol. The molecule has 0 spiro atoms. The molecule has 2 rings (SSSR count). The number of rotatable bonds is 5. The summed E-state index contributed by atoms with van der Waals surface area (Å²) < 4.78 is 58.8. The molecule has 1 aliphatic carbocycles. The number of nitrogens with two attached hydrogens (primary N) is 1. The molecule has 0 aromatic heterocycles. The van der Waals surface area contributed by atoms with Crippen LogP contribution < -0.4 is 9.88 Å². The van der Waals surface area contributed by atoms with Gasteiger partial charge in [-0.05, 0) is 24.6 Å². The van der Waals surface area contributed by atoms with Crippen LogP contribution in [-0.4, -0.2) is 32.1 Å². The van der Waals surface area contributed by atoms with Crippen LogP contribution in [0.1, 0.15) is 18.9 Å². The number of benzene rings is 1. The summed E-state index contributed by atoms with van der Waals surface area (Å²) in [4.78, 5) is 0. The first-order valence-electron chi connectivity index (χ1n) is 6.73. The van der Waals surface area contributed by atoms with Gasteiger partial charge in [0.05, 0.1) is 6.61 Å². The van der Waals surface area contributed by atoms with Gasteiger partial charge in [0.15, 0.2) is 0 Å². The molecule has 0 aliphatic heterocycles. The largest absolute Gasteiger partial charge is 0.493 e. The highest BCUT2D eigenvalue weighted by Gasteiger charge is 2.51. The molecule has 7 nitrogen and oxygen atoms in total. The van der Waals surface area contributed by atoms with Crippen LogP contribution >= 0.6 is 0 Å². The quantitative estimate of drug-likeness (QED) is 0.764. The predicted octanol–water partition coefficient (Wildman–Crippen LogP) is 1.30. The molecule has 0 heterocycles. The minimum absolute atomic E-state index is 0.445. The smallest absolute Gasteiger partial charge is 0.290 e. The maximum absolute atomic E-state index is 11.7. The number of primary sulfonamides is 1. The van der Waals surface area contributed by atoms with Crippen molar-refractivity contribution < 1.29 is 26.1 Å². The summed E-state index contributed by atoms with van der Waals surface area (Å²) in [5.41, 5.74) is 1.26. The van der Waals surface area contributed by atoms with Gasteiger partial charge < -0.3 is 4.74 Å². The van der Waals surface area contributed by atoms with E-state index in [0.29, 0.717) is 23.5 Å². The fourth-order valence-electron chi connectivity index (χ4n) is 2.34. The highest BCUT2D eigenvalue weighted by atomic mass is 32.3. The molecule has 1 unspecified atom stereocenters. The lowest BCUT2D eigenvalue weighted by molar-refractivity contribution is 0.339. The molecule has 1 atom stereocenters. The van der Waals surface area contributed by atoms with Gasteiger partial charge in [-0.2, -0.15) is 8.42 Å². The van der Waals surface area contributed by atoms with E-state index < -0.39 is 30.6 Å². The van der Waals surface area contributed by atoms with Gasteiger partial charge in [-0.25, -0.2) is 13.6 Å². The Hall–Kier alpha value is -1.68. The highest BCUT2D eigenvalue weighted by molar-refractivity contribution is 8.07. The van der Waals surface area contributed by atoms with Crippen molar-refractivity contribution in [3.8, 4) is 5.75 Å².